The van der Waals surface area contributed by atoms with E-state index in [1.54, 1.807) is 6.92 Å². The number of carboxylic acids is 1. The van der Waals surface area contributed by atoms with Crippen LogP contribution in [0.5, 0.6) is 0 Å². The monoisotopic (exact) mass is 252 g/mol. The second-order valence-electron chi connectivity index (χ2n) is 4.57. The van der Waals surface area contributed by atoms with Gasteiger partial charge in [-0.25, -0.2) is 0 Å². The average Bonchev–Trinajstić information content (AvgIpc) is 2.74. The van der Waals surface area contributed by atoms with Crippen LogP contribution in [0.15, 0.2) is 0 Å². The van der Waals surface area contributed by atoms with Crippen LogP contribution >= 0.6 is 0 Å². The summed E-state index contributed by atoms with van der Waals surface area (Å²) in [5.74, 6) is -1.49. The number of nitrogens with zero attached hydrogens (tertiary/aromatic N) is 2. The molecule has 0 radical (unpaired) electrons. The second kappa shape index (κ2) is 5.16. The van der Waals surface area contributed by atoms with Gasteiger partial charge in [0, 0.05) is 0 Å². The Labute approximate surface area is 104 Å². The number of carbonyl (C=O) groups is 2. The van der Waals surface area contributed by atoms with Crippen molar-refractivity contribution in [1.82, 2.24) is 15.2 Å². The predicted octanol–water partition coefficient (Wildman–Crippen LogP) is 0.943. The number of hydrogen-bond donors (Lipinski definition) is 3. The molecule has 7 nitrogen and oxygen atoms in total. The highest BCUT2D eigenvalue weighted by atomic mass is 16.4. The Morgan fingerprint density at radius 3 is 2.56 bits per heavy atom. The molecule has 1 fully saturated rings. The minimum atomic E-state index is -0.902. The average molecular weight is 252 g/mol. The molecule has 2 unspecified atom stereocenters. The molecule has 0 saturated heterocycles. The van der Waals surface area contributed by atoms with Gasteiger partial charge in [-0.15, -0.1) is 5.10 Å². The molecule has 98 valence electrons. The number of rotatable bonds is 3. The van der Waals surface area contributed by atoms with Gasteiger partial charge in [0.05, 0.1) is 11.8 Å². The van der Waals surface area contributed by atoms with Gasteiger partial charge in [-0.3, -0.25) is 20.0 Å². The van der Waals surface area contributed by atoms with Gasteiger partial charge in [0.2, 0.25) is 11.9 Å². The number of carboxylic acid groups (broad SMARTS) is 1. The molecule has 2 rings (SSSR count). The first-order valence-corrected chi connectivity index (χ1v) is 6.00. The molecule has 1 aliphatic rings. The number of carbonyl (C=O) groups excluding carboxylic acids is 1. The van der Waals surface area contributed by atoms with E-state index in [1.165, 1.54) is 0 Å². The van der Waals surface area contributed by atoms with Crippen LogP contribution < -0.4 is 5.32 Å². The molecule has 0 aliphatic heterocycles. The molecule has 1 aromatic heterocycles. The summed E-state index contributed by atoms with van der Waals surface area (Å²) in [6.45, 7) is 1.73. The Hall–Kier alpha value is -1.92. The normalized spacial score (nSPS) is 23.6. The summed E-state index contributed by atoms with van der Waals surface area (Å²) in [6.07, 6.45) is 2.90. The smallest absolute Gasteiger partial charge is 0.307 e. The van der Waals surface area contributed by atoms with Gasteiger partial charge in [-0.1, -0.05) is 12.8 Å². The molecular weight excluding hydrogens is 236 g/mol. The lowest BCUT2D eigenvalue weighted by atomic mass is 9.79. The topological polar surface area (TPSA) is 108 Å². The van der Waals surface area contributed by atoms with E-state index < -0.39 is 17.8 Å². The van der Waals surface area contributed by atoms with Crippen molar-refractivity contribution in [3.8, 4) is 0 Å². The fraction of sp³-hybridized carbons (Fsp3) is 0.636. The number of aliphatic carboxylic acids is 1. The minimum Gasteiger partial charge on any atom is -0.481 e. The van der Waals surface area contributed by atoms with Crippen molar-refractivity contribution >= 4 is 17.8 Å². The summed E-state index contributed by atoms with van der Waals surface area (Å²) < 4.78 is 0. The van der Waals surface area contributed by atoms with E-state index in [4.69, 9.17) is 5.11 Å². The van der Waals surface area contributed by atoms with Crippen LogP contribution in [0.4, 0.5) is 5.95 Å². The number of amides is 1. The maximum atomic E-state index is 12.0. The molecule has 3 N–H and O–H groups in total. The van der Waals surface area contributed by atoms with Gasteiger partial charge in [0.25, 0.3) is 0 Å². The quantitative estimate of drug-likeness (QED) is 0.742. The molecule has 2 atom stereocenters. The molecule has 0 aromatic carbocycles. The zero-order valence-corrected chi connectivity index (χ0v) is 10.1. The number of aryl methyl sites for hydroxylation is 1. The van der Waals surface area contributed by atoms with Crippen LogP contribution in [-0.2, 0) is 9.59 Å². The largest absolute Gasteiger partial charge is 0.481 e. The lowest BCUT2D eigenvalue weighted by Crippen LogP contribution is -2.36. The Balaban J connectivity index is 2.04. The van der Waals surface area contributed by atoms with Crippen LogP contribution in [0, 0.1) is 18.8 Å². The molecule has 1 aromatic rings. The van der Waals surface area contributed by atoms with Crippen molar-refractivity contribution in [3.05, 3.63) is 5.82 Å². The summed E-state index contributed by atoms with van der Waals surface area (Å²) in [5.41, 5.74) is 0. The number of nitrogens with one attached hydrogen (secondary N) is 2. The summed E-state index contributed by atoms with van der Waals surface area (Å²) in [5, 5.41) is 18.1. The first-order valence-electron chi connectivity index (χ1n) is 6.00. The molecule has 0 bridgehead atoms. The van der Waals surface area contributed by atoms with E-state index in [0.29, 0.717) is 18.7 Å². The Morgan fingerprint density at radius 2 is 2.00 bits per heavy atom. The molecular formula is C11H16N4O3. The Kier molecular flexibility index (Phi) is 3.59. The highest BCUT2D eigenvalue weighted by Crippen LogP contribution is 2.30. The van der Waals surface area contributed by atoms with Crippen LogP contribution in [0.25, 0.3) is 0 Å². The van der Waals surface area contributed by atoms with Crippen molar-refractivity contribution in [3.63, 3.8) is 0 Å². The van der Waals surface area contributed by atoms with E-state index in [0.717, 1.165) is 12.8 Å². The van der Waals surface area contributed by atoms with Gasteiger partial charge in [0.15, 0.2) is 0 Å². The number of hydrogen-bond acceptors (Lipinski definition) is 4. The zero-order chi connectivity index (χ0) is 13.1. The van der Waals surface area contributed by atoms with Gasteiger partial charge in [-0.2, -0.15) is 4.98 Å². The molecule has 18 heavy (non-hydrogen) atoms. The maximum Gasteiger partial charge on any atom is 0.307 e. The van der Waals surface area contributed by atoms with Crippen LogP contribution in [0.2, 0.25) is 0 Å². The molecule has 7 heteroatoms. The van der Waals surface area contributed by atoms with Crippen LogP contribution in [0.1, 0.15) is 31.5 Å². The third-order valence-electron chi connectivity index (χ3n) is 3.25. The van der Waals surface area contributed by atoms with E-state index in [1.807, 2.05) is 0 Å². The SMILES string of the molecule is Cc1nc(NC(=O)C2CCCCC2C(=O)O)n[nH]1. The minimum absolute atomic E-state index is 0.201. The molecule has 1 aliphatic carbocycles. The van der Waals surface area contributed by atoms with Crippen molar-refractivity contribution < 1.29 is 14.7 Å². The number of aromatic amines is 1. The number of anilines is 1. The van der Waals surface area contributed by atoms with E-state index in [9.17, 15) is 9.59 Å². The van der Waals surface area contributed by atoms with Crippen LogP contribution in [-0.4, -0.2) is 32.2 Å². The highest BCUT2D eigenvalue weighted by Gasteiger charge is 2.35. The van der Waals surface area contributed by atoms with E-state index in [2.05, 4.69) is 20.5 Å². The number of H-pyrrole nitrogens is 1. The lowest BCUT2D eigenvalue weighted by molar-refractivity contribution is -0.147. The summed E-state index contributed by atoms with van der Waals surface area (Å²) >= 11 is 0. The standard InChI is InChI=1S/C11H16N4O3/c1-6-12-11(15-14-6)13-9(16)7-4-2-3-5-8(7)10(17)18/h7-8H,2-5H2,1H3,(H,17,18)(H2,12,13,14,15,16). The van der Waals surface area contributed by atoms with Crippen molar-refractivity contribution in [2.24, 2.45) is 11.8 Å². The molecule has 1 heterocycles. The third kappa shape index (κ3) is 2.66. The molecule has 1 amide bonds. The second-order valence-corrected chi connectivity index (χ2v) is 4.57. The van der Waals surface area contributed by atoms with Gasteiger partial charge in [-0.05, 0) is 19.8 Å². The summed E-state index contributed by atoms with van der Waals surface area (Å²) in [6, 6.07) is 0. The fourth-order valence-electron chi connectivity index (χ4n) is 2.34. The van der Waals surface area contributed by atoms with Gasteiger partial charge >= 0.3 is 5.97 Å². The lowest BCUT2D eigenvalue weighted by Gasteiger charge is -2.26. The van der Waals surface area contributed by atoms with E-state index >= 15 is 0 Å². The Morgan fingerprint density at radius 1 is 1.33 bits per heavy atom. The zero-order valence-electron chi connectivity index (χ0n) is 10.1. The fourth-order valence-corrected chi connectivity index (χ4v) is 2.34. The predicted molar refractivity (Wildman–Crippen MR) is 62.8 cm³/mol. The first kappa shape index (κ1) is 12.5. The van der Waals surface area contributed by atoms with Crippen molar-refractivity contribution in [1.29, 1.82) is 0 Å². The van der Waals surface area contributed by atoms with Gasteiger partial charge in [0.1, 0.15) is 5.82 Å². The summed E-state index contributed by atoms with van der Waals surface area (Å²) in [4.78, 5) is 27.1. The van der Waals surface area contributed by atoms with Crippen molar-refractivity contribution in [2.75, 3.05) is 5.32 Å². The number of aromatic nitrogens is 3. The van der Waals surface area contributed by atoms with Crippen LogP contribution in [0.3, 0.4) is 0 Å². The first-order chi connectivity index (χ1) is 8.58. The van der Waals surface area contributed by atoms with E-state index in [-0.39, 0.29) is 11.9 Å². The summed E-state index contributed by atoms with van der Waals surface area (Å²) in [7, 11) is 0. The molecule has 1 saturated carbocycles. The maximum absolute atomic E-state index is 12.0. The molecule has 0 spiro atoms. The Bertz CT molecular complexity index is 457. The third-order valence-corrected chi connectivity index (χ3v) is 3.25. The van der Waals surface area contributed by atoms with Gasteiger partial charge < -0.3 is 5.11 Å². The van der Waals surface area contributed by atoms with Crippen molar-refractivity contribution in [2.45, 2.75) is 32.6 Å². The highest BCUT2D eigenvalue weighted by molar-refractivity contribution is 5.93.